The predicted octanol–water partition coefficient (Wildman–Crippen LogP) is 0.703. The van der Waals surface area contributed by atoms with Crippen LogP contribution in [0.1, 0.15) is 26.2 Å². The van der Waals surface area contributed by atoms with Gasteiger partial charge in [0.05, 0.1) is 6.61 Å². The molecule has 94 valence electrons. The Hall–Kier alpha value is -0.320. The fourth-order valence-corrected chi connectivity index (χ4v) is 1.95. The molecule has 1 saturated carbocycles. The molecule has 2 N–H and O–H groups in total. The second-order valence-electron chi connectivity index (χ2n) is 4.63. The number of rotatable bonds is 4. The van der Waals surface area contributed by atoms with E-state index in [1.54, 1.807) is 0 Å². The minimum Gasteiger partial charge on any atom is -0.366 e. The zero-order valence-electron chi connectivity index (χ0n) is 9.75. The van der Waals surface area contributed by atoms with Gasteiger partial charge in [0.2, 0.25) is 5.91 Å². The van der Waals surface area contributed by atoms with Crippen LogP contribution in [0, 0.1) is 5.41 Å². The Morgan fingerprint density at radius 3 is 2.81 bits per heavy atom. The van der Waals surface area contributed by atoms with Gasteiger partial charge in [0.25, 0.3) is 0 Å². The predicted molar refractivity (Wildman–Crippen MR) is 64.8 cm³/mol. The van der Waals surface area contributed by atoms with Crippen LogP contribution in [0.5, 0.6) is 0 Å². The fraction of sp³-hybridized carbons (Fsp3) is 0.909. The Morgan fingerprint density at radius 2 is 2.31 bits per heavy atom. The fourth-order valence-electron chi connectivity index (χ4n) is 1.95. The zero-order chi connectivity index (χ0) is 10.7. The second-order valence-corrected chi connectivity index (χ2v) is 4.63. The number of nitrogens with one attached hydrogen (secondary N) is 2. The normalized spacial score (nSPS) is 26.7. The minimum absolute atomic E-state index is 0. The summed E-state index contributed by atoms with van der Waals surface area (Å²) in [6, 6.07) is 0. The van der Waals surface area contributed by atoms with E-state index in [0.717, 1.165) is 19.5 Å². The smallest absolute Gasteiger partial charge is 0.250 e. The molecule has 2 rings (SSSR count). The van der Waals surface area contributed by atoms with Gasteiger partial charge >= 0.3 is 0 Å². The highest BCUT2D eigenvalue weighted by molar-refractivity contribution is 5.85. The topological polar surface area (TPSA) is 50.4 Å². The summed E-state index contributed by atoms with van der Waals surface area (Å²) in [6.45, 7) is 5.14. The molecule has 0 radical (unpaired) electrons. The maximum atomic E-state index is 11.7. The largest absolute Gasteiger partial charge is 0.366 e. The van der Waals surface area contributed by atoms with Gasteiger partial charge in [0.15, 0.2) is 0 Å². The van der Waals surface area contributed by atoms with Crippen molar-refractivity contribution in [2.75, 3.05) is 26.2 Å². The quantitative estimate of drug-likeness (QED) is 0.770. The number of carbonyl (C=O) groups is 1. The number of morpholine rings is 1. The molecule has 1 aliphatic heterocycles. The molecule has 0 spiro atoms. The van der Waals surface area contributed by atoms with Crippen molar-refractivity contribution >= 4 is 18.3 Å². The molecule has 0 aromatic heterocycles. The molecule has 2 fully saturated rings. The number of hydrogen-bond acceptors (Lipinski definition) is 3. The third-order valence-electron chi connectivity index (χ3n) is 3.56. The first-order valence-corrected chi connectivity index (χ1v) is 5.86. The number of halogens is 1. The summed E-state index contributed by atoms with van der Waals surface area (Å²) in [5, 5.41) is 6.16. The molecule has 5 heteroatoms. The van der Waals surface area contributed by atoms with Crippen LogP contribution in [0.3, 0.4) is 0 Å². The molecule has 0 unspecified atom stereocenters. The van der Waals surface area contributed by atoms with E-state index in [2.05, 4.69) is 17.6 Å². The second kappa shape index (κ2) is 5.84. The average Bonchev–Trinajstić information content (AvgIpc) is 3.08. The van der Waals surface area contributed by atoms with Crippen molar-refractivity contribution in [2.45, 2.75) is 32.3 Å². The maximum Gasteiger partial charge on any atom is 0.250 e. The van der Waals surface area contributed by atoms with Crippen LogP contribution in [0.2, 0.25) is 0 Å². The third kappa shape index (κ3) is 3.34. The first-order valence-electron chi connectivity index (χ1n) is 5.86. The number of carbonyl (C=O) groups excluding carboxylic acids is 1. The van der Waals surface area contributed by atoms with Crippen molar-refractivity contribution in [1.29, 1.82) is 0 Å². The van der Waals surface area contributed by atoms with Crippen molar-refractivity contribution in [3.8, 4) is 0 Å². The monoisotopic (exact) mass is 248 g/mol. The summed E-state index contributed by atoms with van der Waals surface area (Å²) in [6.07, 6.45) is 3.39. The van der Waals surface area contributed by atoms with E-state index in [0.29, 0.717) is 18.6 Å². The van der Waals surface area contributed by atoms with Gasteiger partial charge in [-0.3, -0.25) is 4.79 Å². The lowest BCUT2D eigenvalue weighted by molar-refractivity contribution is -0.134. The average molecular weight is 249 g/mol. The molecule has 2 aliphatic rings. The van der Waals surface area contributed by atoms with Crippen LogP contribution in [0.15, 0.2) is 0 Å². The summed E-state index contributed by atoms with van der Waals surface area (Å²) in [4.78, 5) is 11.7. The van der Waals surface area contributed by atoms with Crippen LogP contribution >= 0.6 is 12.4 Å². The van der Waals surface area contributed by atoms with Gasteiger partial charge in [-0.05, 0) is 24.7 Å². The molecule has 16 heavy (non-hydrogen) atoms. The van der Waals surface area contributed by atoms with Crippen molar-refractivity contribution in [3.05, 3.63) is 0 Å². The van der Waals surface area contributed by atoms with Crippen molar-refractivity contribution in [2.24, 2.45) is 5.41 Å². The van der Waals surface area contributed by atoms with E-state index in [1.807, 2.05) is 0 Å². The van der Waals surface area contributed by atoms with Crippen LogP contribution in [-0.2, 0) is 9.53 Å². The molecule has 1 saturated heterocycles. The highest BCUT2D eigenvalue weighted by Gasteiger charge is 2.41. The van der Waals surface area contributed by atoms with Gasteiger partial charge < -0.3 is 15.4 Å². The van der Waals surface area contributed by atoms with Crippen LogP contribution in [0.4, 0.5) is 0 Å². The Labute approximate surface area is 103 Å². The highest BCUT2D eigenvalue weighted by Crippen LogP contribution is 2.47. The van der Waals surface area contributed by atoms with Gasteiger partial charge in [-0.15, -0.1) is 12.4 Å². The lowest BCUT2D eigenvalue weighted by Crippen LogP contribution is -2.48. The van der Waals surface area contributed by atoms with Gasteiger partial charge in [-0.25, -0.2) is 0 Å². The lowest BCUT2D eigenvalue weighted by Gasteiger charge is -2.23. The Morgan fingerprint density at radius 1 is 1.56 bits per heavy atom. The van der Waals surface area contributed by atoms with Crippen molar-refractivity contribution in [3.63, 3.8) is 0 Å². The Kier molecular flexibility index (Phi) is 5.02. The Balaban J connectivity index is 0.00000128. The highest BCUT2D eigenvalue weighted by atomic mass is 35.5. The number of ether oxygens (including phenoxy) is 1. The molecule has 1 atom stereocenters. The third-order valence-corrected chi connectivity index (χ3v) is 3.56. The van der Waals surface area contributed by atoms with E-state index in [4.69, 9.17) is 4.74 Å². The number of hydrogen-bond donors (Lipinski definition) is 2. The molecular weight excluding hydrogens is 228 g/mol. The molecule has 1 aliphatic carbocycles. The van der Waals surface area contributed by atoms with E-state index in [-0.39, 0.29) is 24.4 Å². The van der Waals surface area contributed by atoms with Gasteiger partial charge in [0.1, 0.15) is 6.10 Å². The van der Waals surface area contributed by atoms with E-state index in [1.165, 1.54) is 12.8 Å². The van der Waals surface area contributed by atoms with E-state index in [9.17, 15) is 4.79 Å². The van der Waals surface area contributed by atoms with Gasteiger partial charge in [0, 0.05) is 19.6 Å². The van der Waals surface area contributed by atoms with Crippen LogP contribution in [-0.4, -0.2) is 38.3 Å². The summed E-state index contributed by atoms with van der Waals surface area (Å²) in [5.41, 5.74) is 0.414. The first kappa shape index (κ1) is 13.7. The molecule has 0 bridgehead atoms. The molecule has 0 aromatic rings. The van der Waals surface area contributed by atoms with Crippen LogP contribution < -0.4 is 10.6 Å². The summed E-state index contributed by atoms with van der Waals surface area (Å²) in [5.74, 6) is 0.0434. The summed E-state index contributed by atoms with van der Waals surface area (Å²) in [7, 11) is 0. The number of amides is 1. The summed E-state index contributed by atoms with van der Waals surface area (Å²) >= 11 is 0. The van der Waals surface area contributed by atoms with Gasteiger partial charge in [-0.1, -0.05) is 6.92 Å². The molecular formula is C11H21ClN2O2. The zero-order valence-corrected chi connectivity index (χ0v) is 10.6. The lowest BCUT2D eigenvalue weighted by atomic mass is 10.0. The Bertz CT molecular complexity index is 238. The maximum absolute atomic E-state index is 11.7. The molecule has 1 heterocycles. The SMILES string of the molecule is CCC1(CNC(=O)[C@H]2CNCCO2)CC1.Cl. The minimum atomic E-state index is -0.286. The molecule has 1 amide bonds. The standard InChI is InChI=1S/C11H20N2O2.ClH/c1-2-11(3-4-11)8-13-10(14)9-7-12-5-6-15-9;/h9,12H,2-8H2,1H3,(H,13,14);1H/t9-;/m1./s1. The van der Waals surface area contributed by atoms with Crippen LogP contribution in [0.25, 0.3) is 0 Å². The summed E-state index contributed by atoms with van der Waals surface area (Å²) < 4.78 is 5.38. The molecule has 0 aromatic carbocycles. The van der Waals surface area contributed by atoms with Gasteiger partial charge in [-0.2, -0.15) is 0 Å². The first-order chi connectivity index (χ1) is 7.26. The van der Waals surface area contributed by atoms with Crippen molar-refractivity contribution in [1.82, 2.24) is 10.6 Å². The molecule has 4 nitrogen and oxygen atoms in total. The van der Waals surface area contributed by atoms with E-state index >= 15 is 0 Å². The van der Waals surface area contributed by atoms with E-state index < -0.39 is 0 Å². The van der Waals surface area contributed by atoms with Crippen molar-refractivity contribution < 1.29 is 9.53 Å².